The highest BCUT2D eigenvalue weighted by Gasteiger charge is 2.03. The van der Waals surface area contributed by atoms with E-state index in [-0.39, 0.29) is 0 Å². The van der Waals surface area contributed by atoms with Crippen LogP contribution >= 0.6 is 0 Å². The fourth-order valence-electron chi connectivity index (χ4n) is 2.71. The molecule has 1 aromatic heterocycles. The van der Waals surface area contributed by atoms with Crippen LogP contribution in [0.15, 0.2) is 79.0 Å². The second-order valence-electron chi connectivity index (χ2n) is 5.98. The normalized spacial score (nSPS) is 10.6. The van der Waals surface area contributed by atoms with Crippen LogP contribution in [0.3, 0.4) is 0 Å². The van der Waals surface area contributed by atoms with E-state index >= 15 is 0 Å². The van der Waals surface area contributed by atoms with Crippen molar-refractivity contribution in [3.63, 3.8) is 0 Å². The van der Waals surface area contributed by atoms with E-state index in [0.717, 1.165) is 37.4 Å². The highest BCUT2D eigenvalue weighted by atomic mass is 16.5. The van der Waals surface area contributed by atoms with Crippen molar-refractivity contribution in [2.75, 3.05) is 6.54 Å². The Hall–Kier alpha value is -2.65. The summed E-state index contributed by atoms with van der Waals surface area (Å²) in [7, 11) is 0. The van der Waals surface area contributed by atoms with Crippen LogP contribution in [-0.4, -0.2) is 11.5 Å². The van der Waals surface area contributed by atoms with Crippen molar-refractivity contribution in [3.05, 3.63) is 95.8 Å². The van der Waals surface area contributed by atoms with E-state index in [1.807, 2.05) is 30.3 Å². The van der Waals surface area contributed by atoms with Crippen molar-refractivity contribution in [2.24, 2.45) is 0 Å². The van der Waals surface area contributed by atoms with Gasteiger partial charge in [0.25, 0.3) is 0 Å². The molecule has 0 unspecified atom stereocenters. The van der Waals surface area contributed by atoms with Gasteiger partial charge in [0.15, 0.2) is 0 Å². The number of ether oxygens (including phenoxy) is 1. The van der Waals surface area contributed by atoms with Crippen LogP contribution in [-0.2, 0) is 19.6 Å². The number of benzene rings is 2. The van der Waals surface area contributed by atoms with Crippen molar-refractivity contribution in [1.82, 2.24) is 10.3 Å². The van der Waals surface area contributed by atoms with Crippen molar-refractivity contribution in [3.8, 4) is 5.75 Å². The average molecular weight is 332 g/mol. The molecule has 0 aliphatic heterocycles. The van der Waals surface area contributed by atoms with Gasteiger partial charge >= 0.3 is 0 Å². The molecule has 3 aromatic rings. The molecule has 0 aliphatic carbocycles. The predicted molar refractivity (Wildman–Crippen MR) is 101 cm³/mol. The van der Waals surface area contributed by atoms with Gasteiger partial charge in [-0.15, -0.1) is 0 Å². The number of rotatable bonds is 9. The summed E-state index contributed by atoms with van der Waals surface area (Å²) in [6, 6.07) is 24.7. The molecule has 1 heterocycles. The SMILES string of the molecule is c1ccc(CCCNCc2ccccc2OCc2ccccn2)cc1. The first-order valence-electron chi connectivity index (χ1n) is 8.77. The molecule has 0 saturated heterocycles. The molecule has 0 spiro atoms. The maximum atomic E-state index is 5.95. The van der Waals surface area contributed by atoms with Crippen LogP contribution in [0.2, 0.25) is 0 Å². The number of pyridine rings is 1. The maximum absolute atomic E-state index is 5.95. The lowest BCUT2D eigenvalue weighted by molar-refractivity contribution is 0.297. The number of hydrogen-bond donors (Lipinski definition) is 1. The molecule has 128 valence electrons. The minimum absolute atomic E-state index is 0.492. The number of nitrogens with one attached hydrogen (secondary N) is 1. The van der Waals surface area contributed by atoms with Crippen molar-refractivity contribution >= 4 is 0 Å². The van der Waals surface area contributed by atoms with Crippen LogP contribution in [0.1, 0.15) is 23.2 Å². The highest BCUT2D eigenvalue weighted by Crippen LogP contribution is 2.19. The summed E-state index contributed by atoms with van der Waals surface area (Å²) in [6.07, 6.45) is 4.02. The Morgan fingerprint density at radius 2 is 1.64 bits per heavy atom. The molecule has 0 saturated carbocycles. The van der Waals surface area contributed by atoms with Gasteiger partial charge in [-0.25, -0.2) is 0 Å². The molecule has 0 amide bonds. The van der Waals surface area contributed by atoms with Crippen molar-refractivity contribution in [2.45, 2.75) is 26.0 Å². The molecule has 3 heteroatoms. The molecule has 3 nitrogen and oxygen atoms in total. The third-order valence-corrected chi connectivity index (χ3v) is 4.05. The molecule has 2 aromatic carbocycles. The molecule has 0 fully saturated rings. The minimum atomic E-state index is 0.492. The monoisotopic (exact) mass is 332 g/mol. The van der Waals surface area contributed by atoms with E-state index in [4.69, 9.17) is 4.74 Å². The summed E-state index contributed by atoms with van der Waals surface area (Å²) in [5.41, 5.74) is 3.51. The Kier molecular flexibility index (Phi) is 6.60. The summed E-state index contributed by atoms with van der Waals surface area (Å²) >= 11 is 0. The third kappa shape index (κ3) is 5.73. The van der Waals surface area contributed by atoms with Gasteiger partial charge in [-0.2, -0.15) is 0 Å². The lowest BCUT2D eigenvalue weighted by atomic mass is 10.1. The van der Waals surface area contributed by atoms with Crippen LogP contribution in [0, 0.1) is 0 Å². The first kappa shape index (κ1) is 17.2. The molecule has 0 aliphatic rings. The summed E-state index contributed by atoms with van der Waals surface area (Å²) in [5.74, 6) is 0.920. The van der Waals surface area contributed by atoms with Crippen LogP contribution in [0.25, 0.3) is 0 Å². The Balaban J connectivity index is 1.44. The van der Waals surface area contributed by atoms with E-state index in [2.05, 4.69) is 52.8 Å². The van der Waals surface area contributed by atoms with Gasteiger partial charge in [0.05, 0.1) is 5.69 Å². The first-order chi connectivity index (χ1) is 12.4. The Morgan fingerprint density at radius 3 is 2.48 bits per heavy atom. The fourth-order valence-corrected chi connectivity index (χ4v) is 2.71. The summed E-state index contributed by atoms with van der Waals surface area (Å²) < 4.78 is 5.95. The van der Waals surface area contributed by atoms with Gasteiger partial charge in [-0.1, -0.05) is 54.6 Å². The smallest absolute Gasteiger partial charge is 0.130 e. The molecule has 0 radical (unpaired) electrons. The number of aromatic nitrogens is 1. The summed E-state index contributed by atoms with van der Waals surface area (Å²) in [6.45, 7) is 2.29. The van der Waals surface area contributed by atoms with Gasteiger partial charge in [0.1, 0.15) is 12.4 Å². The van der Waals surface area contributed by atoms with Gasteiger partial charge in [-0.3, -0.25) is 4.98 Å². The van der Waals surface area contributed by atoms with Crippen LogP contribution in [0.5, 0.6) is 5.75 Å². The second kappa shape index (κ2) is 9.60. The molecular formula is C22H24N2O. The first-order valence-corrected chi connectivity index (χ1v) is 8.77. The van der Waals surface area contributed by atoms with Gasteiger partial charge in [0.2, 0.25) is 0 Å². The standard InChI is InChI=1S/C22H24N2O/c1-2-9-19(10-3-1)11-8-15-23-17-20-12-4-5-14-22(20)25-18-21-13-6-7-16-24-21/h1-7,9-10,12-14,16,23H,8,11,15,17-18H2. The molecule has 25 heavy (non-hydrogen) atoms. The van der Waals surface area contributed by atoms with Crippen molar-refractivity contribution < 1.29 is 4.74 Å². The minimum Gasteiger partial charge on any atom is -0.487 e. The third-order valence-electron chi connectivity index (χ3n) is 4.05. The zero-order valence-electron chi connectivity index (χ0n) is 14.4. The maximum Gasteiger partial charge on any atom is 0.130 e. The van der Waals surface area contributed by atoms with Gasteiger partial charge < -0.3 is 10.1 Å². The molecule has 3 rings (SSSR count). The predicted octanol–water partition coefficient (Wildman–Crippen LogP) is 4.38. The lowest BCUT2D eigenvalue weighted by Gasteiger charge is -2.12. The van der Waals surface area contributed by atoms with E-state index in [1.165, 1.54) is 11.1 Å². The molecular weight excluding hydrogens is 308 g/mol. The number of aryl methyl sites for hydroxylation is 1. The lowest BCUT2D eigenvalue weighted by Crippen LogP contribution is -2.16. The molecule has 1 N–H and O–H groups in total. The van der Waals surface area contributed by atoms with Crippen LogP contribution in [0.4, 0.5) is 0 Å². The fraction of sp³-hybridized carbons (Fsp3) is 0.227. The second-order valence-corrected chi connectivity index (χ2v) is 5.98. The Morgan fingerprint density at radius 1 is 0.840 bits per heavy atom. The van der Waals surface area contributed by atoms with E-state index < -0.39 is 0 Å². The topological polar surface area (TPSA) is 34.1 Å². The molecule has 0 bridgehead atoms. The zero-order chi connectivity index (χ0) is 17.2. The highest BCUT2D eigenvalue weighted by molar-refractivity contribution is 5.33. The zero-order valence-corrected chi connectivity index (χ0v) is 14.4. The van der Waals surface area contributed by atoms with E-state index in [1.54, 1.807) is 6.20 Å². The van der Waals surface area contributed by atoms with Gasteiger partial charge in [0, 0.05) is 18.3 Å². The van der Waals surface area contributed by atoms with Crippen molar-refractivity contribution in [1.29, 1.82) is 0 Å². The summed E-state index contributed by atoms with van der Waals surface area (Å²) in [5, 5.41) is 3.51. The quantitative estimate of drug-likeness (QED) is 0.590. The van der Waals surface area contributed by atoms with Crippen LogP contribution < -0.4 is 10.1 Å². The Bertz CT molecular complexity index is 744. The number of hydrogen-bond acceptors (Lipinski definition) is 3. The summed E-state index contributed by atoms with van der Waals surface area (Å²) in [4.78, 5) is 4.30. The average Bonchev–Trinajstić information content (AvgIpc) is 2.68. The molecule has 0 atom stereocenters. The largest absolute Gasteiger partial charge is 0.487 e. The van der Waals surface area contributed by atoms with E-state index in [9.17, 15) is 0 Å². The number of para-hydroxylation sites is 1. The van der Waals surface area contributed by atoms with E-state index in [0.29, 0.717) is 6.61 Å². The Labute approximate surface area is 149 Å². The number of nitrogens with zero attached hydrogens (tertiary/aromatic N) is 1. The van der Waals surface area contributed by atoms with Gasteiger partial charge in [-0.05, 0) is 43.1 Å².